The summed E-state index contributed by atoms with van der Waals surface area (Å²) in [6.45, 7) is 3.36. The lowest BCUT2D eigenvalue weighted by Gasteiger charge is -2.18. The predicted molar refractivity (Wildman–Crippen MR) is 65.6 cm³/mol. The van der Waals surface area contributed by atoms with Gasteiger partial charge in [-0.2, -0.15) is 0 Å². The van der Waals surface area contributed by atoms with Crippen LogP contribution in [0.5, 0.6) is 0 Å². The largest absolute Gasteiger partial charge is 0.304 e. The molecular weight excluding hydrogens is 219 g/mol. The number of halogens is 1. The SMILES string of the molecule is CC(=N)N(C)C(=O)C[C@@H](C)c1ccccc1F. The molecule has 1 aromatic rings. The van der Waals surface area contributed by atoms with Gasteiger partial charge in [0.1, 0.15) is 5.82 Å². The minimum Gasteiger partial charge on any atom is -0.304 e. The Morgan fingerprint density at radius 2 is 2.06 bits per heavy atom. The molecule has 0 saturated carbocycles. The number of carbonyl (C=O) groups is 1. The molecule has 0 aliphatic rings. The van der Waals surface area contributed by atoms with E-state index < -0.39 is 0 Å². The van der Waals surface area contributed by atoms with Gasteiger partial charge in [0.2, 0.25) is 5.91 Å². The average molecular weight is 236 g/mol. The van der Waals surface area contributed by atoms with Crippen LogP contribution in [0.15, 0.2) is 24.3 Å². The first kappa shape index (κ1) is 13.4. The summed E-state index contributed by atoms with van der Waals surface area (Å²) in [5.74, 6) is -0.462. The van der Waals surface area contributed by atoms with E-state index in [0.29, 0.717) is 5.56 Å². The molecule has 1 rings (SSSR count). The molecule has 1 amide bonds. The van der Waals surface area contributed by atoms with Crippen LogP contribution in [0.3, 0.4) is 0 Å². The highest BCUT2D eigenvalue weighted by atomic mass is 19.1. The van der Waals surface area contributed by atoms with E-state index in [9.17, 15) is 9.18 Å². The molecule has 3 nitrogen and oxygen atoms in total. The van der Waals surface area contributed by atoms with Crippen molar-refractivity contribution < 1.29 is 9.18 Å². The van der Waals surface area contributed by atoms with E-state index in [1.165, 1.54) is 11.0 Å². The molecular formula is C13H17FN2O. The highest BCUT2D eigenvalue weighted by Gasteiger charge is 2.17. The van der Waals surface area contributed by atoms with Crippen LogP contribution in [0.25, 0.3) is 0 Å². The van der Waals surface area contributed by atoms with Gasteiger partial charge in [-0.05, 0) is 24.5 Å². The van der Waals surface area contributed by atoms with Crippen LogP contribution in [-0.4, -0.2) is 23.7 Å². The van der Waals surface area contributed by atoms with Crippen molar-refractivity contribution in [3.05, 3.63) is 35.6 Å². The van der Waals surface area contributed by atoms with E-state index in [1.54, 1.807) is 32.2 Å². The second-order valence-corrected chi connectivity index (χ2v) is 4.16. The summed E-state index contributed by atoms with van der Waals surface area (Å²) in [5.41, 5.74) is 0.539. The van der Waals surface area contributed by atoms with Gasteiger partial charge in [-0.15, -0.1) is 0 Å². The van der Waals surface area contributed by atoms with Gasteiger partial charge in [0.15, 0.2) is 0 Å². The van der Waals surface area contributed by atoms with Gasteiger partial charge in [-0.3, -0.25) is 10.2 Å². The number of hydrogen-bond donors (Lipinski definition) is 1. The first-order valence-corrected chi connectivity index (χ1v) is 5.49. The molecule has 1 atom stereocenters. The molecule has 1 aromatic carbocycles. The molecule has 0 saturated heterocycles. The maximum absolute atomic E-state index is 13.5. The zero-order chi connectivity index (χ0) is 13.0. The third-order valence-corrected chi connectivity index (χ3v) is 2.79. The number of nitrogens with zero attached hydrogens (tertiary/aromatic N) is 1. The highest BCUT2D eigenvalue weighted by molar-refractivity contribution is 5.95. The Labute approximate surface area is 101 Å². The van der Waals surface area contributed by atoms with Crippen LogP contribution in [0.2, 0.25) is 0 Å². The van der Waals surface area contributed by atoms with Crippen LogP contribution in [0.4, 0.5) is 4.39 Å². The van der Waals surface area contributed by atoms with Gasteiger partial charge in [0.25, 0.3) is 0 Å². The minimum atomic E-state index is -0.290. The molecule has 0 aliphatic carbocycles. The zero-order valence-corrected chi connectivity index (χ0v) is 10.3. The molecule has 17 heavy (non-hydrogen) atoms. The van der Waals surface area contributed by atoms with E-state index in [-0.39, 0.29) is 29.9 Å². The first-order valence-electron chi connectivity index (χ1n) is 5.49. The second kappa shape index (κ2) is 5.57. The van der Waals surface area contributed by atoms with Crippen LogP contribution >= 0.6 is 0 Å². The quantitative estimate of drug-likeness (QED) is 0.636. The Morgan fingerprint density at radius 1 is 1.47 bits per heavy atom. The van der Waals surface area contributed by atoms with Crippen molar-refractivity contribution >= 4 is 11.7 Å². The van der Waals surface area contributed by atoms with Crippen LogP contribution < -0.4 is 0 Å². The third kappa shape index (κ3) is 3.37. The highest BCUT2D eigenvalue weighted by Crippen LogP contribution is 2.22. The van der Waals surface area contributed by atoms with E-state index in [0.717, 1.165) is 0 Å². The van der Waals surface area contributed by atoms with Crippen molar-refractivity contribution in [3.8, 4) is 0 Å². The maximum atomic E-state index is 13.5. The Bertz CT molecular complexity index is 431. The predicted octanol–water partition coefficient (Wildman–Crippen LogP) is 2.77. The van der Waals surface area contributed by atoms with Gasteiger partial charge >= 0.3 is 0 Å². The van der Waals surface area contributed by atoms with Crippen LogP contribution in [-0.2, 0) is 4.79 Å². The normalized spacial score (nSPS) is 12.0. The van der Waals surface area contributed by atoms with Crippen LogP contribution in [0.1, 0.15) is 31.7 Å². The second-order valence-electron chi connectivity index (χ2n) is 4.16. The minimum absolute atomic E-state index is 0.173. The lowest BCUT2D eigenvalue weighted by atomic mass is 9.97. The van der Waals surface area contributed by atoms with Crippen molar-refractivity contribution in [2.75, 3.05) is 7.05 Å². The van der Waals surface area contributed by atoms with Gasteiger partial charge in [-0.1, -0.05) is 25.1 Å². The molecule has 0 spiro atoms. The van der Waals surface area contributed by atoms with Crippen molar-refractivity contribution in [2.24, 2.45) is 0 Å². The number of nitrogens with one attached hydrogen (secondary N) is 1. The molecule has 0 fully saturated rings. The van der Waals surface area contributed by atoms with Crippen molar-refractivity contribution in [1.29, 1.82) is 5.41 Å². The number of benzene rings is 1. The number of hydrogen-bond acceptors (Lipinski definition) is 2. The Kier molecular flexibility index (Phi) is 4.37. The first-order chi connectivity index (χ1) is 7.93. The van der Waals surface area contributed by atoms with Gasteiger partial charge in [-0.25, -0.2) is 4.39 Å². The number of rotatable bonds is 3. The van der Waals surface area contributed by atoms with Crippen molar-refractivity contribution in [3.63, 3.8) is 0 Å². The fourth-order valence-electron chi connectivity index (χ4n) is 1.57. The van der Waals surface area contributed by atoms with Gasteiger partial charge in [0.05, 0.1) is 5.84 Å². The lowest BCUT2D eigenvalue weighted by molar-refractivity contribution is -0.126. The molecule has 0 radical (unpaired) electrons. The Hall–Kier alpha value is -1.71. The summed E-state index contributed by atoms with van der Waals surface area (Å²) < 4.78 is 13.5. The van der Waals surface area contributed by atoms with Gasteiger partial charge < -0.3 is 4.90 Å². The average Bonchev–Trinajstić information content (AvgIpc) is 2.28. The number of amides is 1. The summed E-state index contributed by atoms with van der Waals surface area (Å²) >= 11 is 0. The molecule has 1 N–H and O–H groups in total. The summed E-state index contributed by atoms with van der Waals surface area (Å²) in [6.07, 6.45) is 0.202. The topological polar surface area (TPSA) is 44.2 Å². The van der Waals surface area contributed by atoms with E-state index in [4.69, 9.17) is 5.41 Å². The standard InChI is InChI=1S/C13H17FN2O/c1-9(8-13(17)16(3)10(2)15)11-6-4-5-7-12(11)14/h4-7,9,15H,8H2,1-3H3/t9-/m1/s1. The maximum Gasteiger partial charge on any atom is 0.228 e. The van der Waals surface area contributed by atoms with Crippen molar-refractivity contribution in [1.82, 2.24) is 4.90 Å². The molecule has 0 bridgehead atoms. The zero-order valence-electron chi connectivity index (χ0n) is 10.3. The molecule has 0 heterocycles. The van der Waals surface area contributed by atoms with E-state index in [2.05, 4.69) is 0 Å². The summed E-state index contributed by atoms with van der Waals surface area (Å²) in [5, 5.41) is 7.35. The molecule has 4 heteroatoms. The van der Waals surface area contributed by atoms with Crippen LogP contribution in [0, 0.1) is 11.2 Å². The lowest BCUT2D eigenvalue weighted by Crippen LogP contribution is -2.31. The molecule has 0 unspecified atom stereocenters. The molecule has 92 valence electrons. The summed E-state index contributed by atoms with van der Waals surface area (Å²) in [6, 6.07) is 6.46. The summed E-state index contributed by atoms with van der Waals surface area (Å²) in [7, 11) is 1.55. The summed E-state index contributed by atoms with van der Waals surface area (Å²) in [4.78, 5) is 13.0. The molecule has 0 aliphatic heterocycles. The smallest absolute Gasteiger partial charge is 0.228 e. The number of carbonyl (C=O) groups excluding carboxylic acids is 1. The number of amidine groups is 1. The van der Waals surface area contributed by atoms with Gasteiger partial charge in [0, 0.05) is 13.5 Å². The van der Waals surface area contributed by atoms with Crippen molar-refractivity contribution in [2.45, 2.75) is 26.2 Å². The third-order valence-electron chi connectivity index (χ3n) is 2.79. The fourth-order valence-corrected chi connectivity index (χ4v) is 1.57. The monoisotopic (exact) mass is 236 g/mol. The molecule has 0 aromatic heterocycles. The Balaban J connectivity index is 2.73. The fraction of sp³-hybridized carbons (Fsp3) is 0.385. The van der Waals surface area contributed by atoms with E-state index >= 15 is 0 Å². The van der Waals surface area contributed by atoms with E-state index in [1.807, 2.05) is 6.92 Å². The Morgan fingerprint density at radius 3 is 2.59 bits per heavy atom.